The Hall–Kier alpha value is -2.48. The van der Waals surface area contributed by atoms with Gasteiger partial charge < -0.3 is 14.7 Å². The fourth-order valence-electron chi connectivity index (χ4n) is 5.35. The van der Waals surface area contributed by atoms with Crippen molar-refractivity contribution in [1.29, 1.82) is 0 Å². The minimum absolute atomic E-state index is 0.0155. The Kier molecular flexibility index (Phi) is 6.84. The van der Waals surface area contributed by atoms with Gasteiger partial charge >= 0.3 is 0 Å². The zero-order valence-electron chi connectivity index (χ0n) is 21.5. The fraction of sp³-hybridized carbons (Fsp3) is 0.393. The standard InChI is InChI=1S/C28H30Cl2N4O2S/c1-16(2)23-24(26(36)32(5)22-14-33(15-22)17(3)35)37-27-31-28(4,19-8-12-21(30)13-9-19)25(34(23)27)18-6-10-20(29)11-7-18/h6-13,16,22,25H,14-15H2,1-5H3. The van der Waals surface area contributed by atoms with Crippen molar-refractivity contribution in [3.05, 3.63) is 80.3 Å². The Labute approximate surface area is 232 Å². The van der Waals surface area contributed by atoms with Gasteiger partial charge in [0.2, 0.25) is 5.91 Å². The maximum Gasteiger partial charge on any atom is 0.262 e. The van der Waals surface area contributed by atoms with Gasteiger partial charge in [0.25, 0.3) is 5.91 Å². The number of thioether (sulfide) groups is 1. The SMILES string of the molecule is CC(=O)N1CC(N(C)C(=O)C2=C(C(C)C)N3C(=NC(C)(c4ccc(Cl)cc4)C3c3ccc(Cl)cc3)S2)C1. The van der Waals surface area contributed by atoms with Gasteiger partial charge in [0.15, 0.2) is 5.17 Å². The molecular formula is C28H30Cl2N4O2S. The maximum absolute atomic E-state index is 13.8. The van der Waals surface area contributed by atoms with Gasteiger partial charge in [-0.1, -0.05) is 61.3 Å². The topological polar surface area (TPSA) is 56.2 Å². The molecule has 6 nitrogen and oxygen atoms in total. The molecule has 0 saturated carbocycles. The highest BCUT2D eigenvalue weighted by Crippen LogP contribution is 2.56. The molecule has 0 aliphatic carbocycles. The highest BCUT2D eigenvalue weighted by atomic mass is 35.5. The van der Waals surface area contributed by atoms with Crippen molar-refractivity contribution in [3.63, 3.8) is 0 Å². The molecule has 37 heavy (non-hydrogen) atoms. The maximum atomic E-state index is 13.8. The van der Waals surface area contributed by atoms with Crippen molar-refractivity contribution in [1.82, 2.24) is 14.7 Å². The van der Waals surface area contributed by atoms with Gasteiger partial charge in [0, 0.05) is 42.8 Å². The van der Waals surface area contributed by atoms with Crippen LogP contribution in [-0.2, 0) is 15.1 Å². The number of benzene rings is 2. The molecule has 3 heterocycles. The van der Waals surface area contributed by atoms with Gasteiger partial charge in [-0.3, -0.25) is 9.59 Å². The second-order valence-corrected chi connectivity index (χ2v) is 12.2. The highest BCUT2D eigenvalue weighted by Gasteiger charge is 2.53. The minimum Gasteiger partial charge on any atom is -0.339 e. The van der Waals surface area contributed by atoms with Crippen LogP contribution in [0.5, 0.6) is 0 Å². The molecule has 194 valence electrons. The van der Waals surface area contributed by atoms with Crippen LogP contribution in [0.4, 0.5) is 0 Å². The Morgan fingerprint density at radius 3 is 2.16 bits per heavy atom. The summed E-state index contributed by atoms with van der Waals surface area (Å²) in [5.41, 5.74) is 2.49. The molecule has 0 aromatic heterocycles. The van der Waals surface area contributed by atoms with E-state index in [1.54, 1.807) is 16.7 Å². The number of carbonyl (C=O) groups is 2. The lowest BCUT2D eigenvalue weighted by atomic mass is 9.81. The monoisotopic (exact) mass is 556 g/mol. The number of nitrogens with zero attached hydrogens (tertiary/aromatic N) is 4. The van der Waals surface area contributed by atoms with Crippen LogP contribution in [-0.4, -0.2) is 57.9 Å². The highest BCUT2D eigenvalue weighted by molar-refractivity contribution is 8.18. The van der Waals surface area contributed by atoms with E-state index in [1.165, 1.54) is 11.8 Å². The Balaban J connectivity index is 1.56. The normalized spacial score (nSPS) is 23.4. The van der Waals surface area contributed by atoms with E-state index >= 15 is 0 Å². The number of allylic oxidation sites excluding steroid dienone is 1. The van der Waals surface area contributed by atoms with Crippen LogP contribution in [0.3, 0.4) is 0 Å². The Morgan fingerprint density at radius 1 is 1.05 bits per heavy atom. The zero-order valence-corrected chi connectivity index (χ0v) is 23.9. The second kappa shape index (κ2) is 9.68. The lowest BCUT2D eigenvalue weighted by Gasteiger charge is -2.43. The molecule has 3 aliphatic heterocycles. The first-order chi connectivity index (χ1) is 17.5. The molecule has 9 heteroatoms. The van der Waals surface area contributed by atoms with E-state index in [9.17, 15) is 9.59 Å². The van der Waals surface area contributed by atoms with Crippen LogP contribution in [0.1, 0.15) is 44.9 Å². The average molecular weight is 558 g/mol. The quantitative estimate of drug-likeness (QED) is 0.458. The molecule has 0 spiro atoms. The van der Waals surface area contributed by atoms with E-state index in [4.69, 9.17) is 28.2 Å². The first kappa shape index (κ1) is 26.1. The number of likely N-dealkylation sites (N-methyl/N-ethyl adjacent to an activating group) is 1. The predicted molar refractivity (Wildman–Crippen MR) is 151 cm³/mol. The number of aliphatic imine (C=N–C) groups is 1. The van der Waals surface area contributed by atoms with Crippen molar-refractivity contribution in [3.8, 4) is 0 Å². The van der Waals surface area contributed by atoms with Crippen molar-refractivity contribution < 1.29 is 9.59 Å². The van der Waals surface area contributed by atoms with Gasteiger partial charge in [-0.2, -0.15) is 0 Å². The third-order valence-corrected chi connectivity index (χ3v) is 9.10. The fourth-order valence-corrected chi connectivity index (χ4v) is 6.99. The zero-order chi connectivity index (χ0) is 26.6. The first-order valence-electron chi connectivity index (χ1n) is 12.4. The Morgan fingerprint density at radius 2 is 1.62 bits per heavy atom. The molecule has 2 atom stereocenters. The summed E-state index contributed by atoms with van der Waals surface area (Å²) in [7, 11) is 1.83. The minimum atomic E-state index is -0.600. The molecule has 1 saturated heterocycles. The lowest BCUT2D eigenvalue weighted by molar-refractivity contribution is -0.141. The summed E-state index contributed by atoms with van der Waals surface area (Å²) in [5.74, 6) is 0.101. The van der Waals surface area contributed by atoms with Crippen molar-refractivity contribution >= 4 is 51.9 Å². The van der Waals surface area contributed by atoms with Crippen molar-refractivity contribution in [2.75, 3.05) is 20.1 Å². The Bertz CT molecular complexity index is 1300. The van der Waals surface area contributed by atoms with Crippen molar-refractivity contribution in [2.45, 2.75) is 45.3 Å². The average Bonchev–Trinajstić information content (AvgIpc) is 3.31. The number of likely N-dealkylation sites (tertiary alicyclic amines) is 1. The molecule has 2 unspecified atom stereocenters. The number of amidine groups is 1. The third kappa shape index (κ3) is 4.45. The lowest BCUT2D eigenvalue weighted by Crippen LogP contribution is -2.61. The molecule has 0 N–H and O–H groups in total. The largest absolute Gasteiger partial charge is 0.339 e. The summed E-state index contributed by atoms with van der Waals surface area (Å²) in [5, 5.41) is 2.16. The molecule has 2 amide bonds. The van der Waals surface area contributed by atoms with Crippen LogP contribution in [0, 0.1) is 5.92 Å². The predicted octanol–water partition coefficient (Wildman–Crippen LogP) is 5.93. The van der Waals surface area contributed by atoms with E-state index < -0.39 is 5.54 Å². The van der Waals surface area contributed by atoms with E-state index in [0.29, 0.717) is 28.0 Å². The number of carbonyl (C=O) groups excluding carboxylic acids is 2. The van der Waals surface area contributed by atoms with Gasteiger partial charge in [0.1, 0.15) is 10.4 Å². The summed E-state index contributed by atoms with van der Waals surface area (Å²) in [6.45, 7) is 9.06. The number of fused-ring (bicyclic) bond motifs is 1. The van der Waals surface area contributed by atoms with Crippen LogP contribution < -0.4 is 0 Å². The molecule has 2 aromatic rings. The van der Waals surface area contributed by atoms with E-state index in [1.807, 2.05) is 55.6 Å². The van der Waals surface area contributed by atoms with Crippen LogP contribution in [0.25, 0.3) is 0 Å². The molecule has 1 fully saturated rings. The van der Waals surface area contributed by atoms with Crippen molar-refractivity contribution in [2.24, 2.45) is 10.9 Å². The molecule has 0 radical (unpaired) electrons. The molecular weight excluding hydrogens is 527 g/mol. The van der Waals surface area contributed by atoms with Gasteiger partial charge in [-0.15, -0.1) is 0 Å². The van der Waals surface area contributed by atoms with E-state index in [2.05, 4.69) is 25.7 Å². The van der Waals surface area contributed by atoms with Gasteiger partial charge in [-0.25, -0.2) is 4.99 Å². The van der Waals surface area contributed by atoms with Crippen LogP contribution >= 0.6 is 35.0 Å². The number of amides is 2. The molecule has 3 aliphatic rings. The van der Waals surface area contributed by atoms with Gasteiger partial charge in [0.05, 0.1) is 12.1 Å². The summed E-state index contributed by atoms with van der Waals surface area (Å²) >= 11 is 13.9. The van der Waals surface area contributed by atoms with E-state index in [0.717, 1.165) is 22.0 Å². The first-order valence-corrected chi connectivity index (χ1v) is 13.9. The number of halogens is 2. The summed E-state index contributed by atoms with van der Waals surface area (Å²) in [6.07, 6.45) is 0. The number of hydrogen-bond donors (Lipinski definition) is 0. The van der Waals surface area contributed by atoms with Crippen LogP contribution in [0.15, 0.2) is 64.1 Å². The summed E-state index contributed by atoms with van der Waals surface area (Å²) < 4.78 is 0. The number of hydrogen-bond acceptors (Lipinski definition) is 5. The number of rotatable bonds is 5. The smallest absolute Gasteiger partial charge is 0.262 e. The van der Waals surface area contributed by atoms with Gasteiger partial charge in [-0.05, 0) is 60.0 Å². The summed E-state index contributed by atoms with van der Waals surface area (Å²) in [6, 6.07) is 15.6. The third-order valence-electron chi connectivity index (χ3n) is 7.54. The second-order valence-electron chi connectivity index (χ2n) is 10.3. The molecule has 2 aromatic carbocycles. The molecule has 0 bridgehead atoms. The van der Waals surface area contributed by atoms with Crippen LogP contribution in [0.2, 0.25) is 10.0 Å². The van der Waals surface area contributed by atoms with E-state index in [-0.39, 0.29) is 29.8 Å². The molecule has 5 rings (SSSR count). The summed E-state index contributed by atoms with van der Waals surface area (Å²) in [4.78, 5) is 37.2.